The fourth-order valence-electron chi connectivity index (χ4n) is 2.66. The molecule has 0 radical (unpaired) electrons. The van der Waals surface area contributed by atoms with Crippen molar-refractivity contribution in [3.05, 3.63) is 64.4 Å². The molecule has 0 N–H and O–H groups in total. The van der Waals surface area contributed by atoms with E-state index < -0.39 is 11.8 Å². The number of imide groups is 1. The van der Waals surface area contributed by atoms with Crippen molar-refractivity contribution in [1.29, 1.82) is 0 Å². The van der Waals surface area contributed by atoms with Gasteiger partial charge in [-0.3, -0.25) is 24.3 Å². The molecule has 1 aromatic heterocycles. The molecule has 25 heavy (non-hydrogen) atoms. The first-order valence-electron chi connectivity index (χ1n) is 7.76. The van der Waals surface area contributed by atoms with Gasteiger partial charge in [-0.15, -0.1) is 0 Å². The summed E-state index contributed by atoms with van der Waals surface area (Å²) in [5.41, 5.74) is 1.47. The Kier molecular flexibility index (Phi) is 4.81. The van der Waals surface area contributed by atoms with Crippen molar-refractivity contribution in [2.75, 3.05) is 20.1 Å². The van der Waals surface area contributed by atoms with Crippen molar-refractivity contribution >= 4 is 29.3 Å². The second-order valence-corrected chi connectivity index (χ2v) is 6.19. The van der Waals surface area contributed by atoms with Crippen molar-refractivity contribution in [3.8, 4) is 0 Å². The lowest BCUT2D eigenvalue weighted by Crippen LogP contribution is -2.41. The molecular formula is C18H16ClN3O3. The van der Waals surface area contributed by atoms with Crippen molar-refractivity contribution in [1.82, 2.24) is 14.8 Å². The number of aromatic nitrogens is 1. The first-order chi connectivity index (χ1) is 12.0. The topological polar surface area (TPSA) is 70.6 Å². The zero-order valence-corrected chi connectivity index (χ0v) is 14.4. The van der Waals surface area contributed by atoms with E-state index in [1.54, 1.807) is 37.6 Å². The van der Waals surface area contributed by atoms with Gasteiger partial charge in [0.2, 0.25) is 5.91 Å². The van der Waals surface area contributed by atoms with Crippen LogP contribution in [0.25, 0.3) is 0 Å². The van der Waals surface area contributed by atoms with Gasteiger partial charge in [0, 0.05) is 26.0 Å². The third-order valence-electron chi connectivity index (χ3n) is 4.15. The minimum absolute atomic E-state index is 0.168. The highest BCUT2D eigenvalue weighted by molar-refractivity contribution is 6.37. The molecule has 0 atom stereocenters. The van der Waals surface area contributed by atoms with Crippen LogP contribution in [0.1, 0.15) is 26.3 Å². The lowest BCUT2D eigenvalue weighted by molar-refractivity contribution is -0.130. The summed E-state index contributed by atoms with van der Waals surface area (Å²) in [5.74, 6) is -1.32. The quantitative estimate of drug-likeness (QED) is 0.768. The third kappa shape index (κ3) is 3.39. The molecule has 0 saturated heterocycles. The highest BCUT2D eigenvalue weighted by Crippen LogP contribution is 2.28. The van der Waals surface area contributed by atoms with Crippen molar-refractivity contribution in [2.45, 2.75) is 6.42 Å². The Morgan fingerprint density at radius 3 is 2.56 bits per heavy atom. The van der Waals surface area contributed by atoms with E-state index in [1.807, 2.05) is 12.1 Å². The van der Waals surface area contributed by atoms with Crippen molar-refractivity contribution < 1.29 is 14.4 Å². The molecule has 6 nitrogen and oxygen atoms in total. The van der Waals surface area contributed by atoms with E-state index in [0.29, 0.717) is 13.0 Å². The third-order valence-corrected chi connectivity index (χ3v) is 4.47. The number of benzene rings is 1. The van der Waals surface area contributed by atoms with Crippen LogP contribution in [-0.2, 0) is 11.2 Å². The van der Waals surface area contributed by atoms with Crippen LogP contribution in [0.5, 0.6) is 0 Å². The predicted molar refractivity (Wildman–Crippen MR) is 92.4 cm³/mol. The van der Waals surface area contributed by atoms with E-state index >= 15 is 0 Å². The van der Waals surface area contributed by atoms with E-state index in [4.69, 9.17) is 11.6 Å². The summed E-state index contributed by atoms with van der Waals surface area (Å²) in [6, 6.07) is 8.46. The van der Waals surface area contributed by atoms with Crippen LogP contribution in [0.3, 0.4) is 0 Å². The van der Waals surface area contributed by atoms with E-state index in [2.05, 4.69) is 4.98 Å². The van der Waals surface area contributed by atoms with Gasteiger partial charge in [-0.1, -0.05) is 17.7 Å². The molecule has 7 heteroatoms. The number of halogens is 1. The smallest absolute Gasteiger partial charge is 0.263 e. The summed E-state index contributed by atoms with van der Waals surface area (Å²) in [7, 11) is 1.65. The maximum atomic E-state index is 12.4. The molecule has 3 amide bonds. The van der Waals surface area contributed by atoms with Crippen LogP contribution < -0.4 is 0 Å². The summed E-state index contributed by atoms with van der Waals surface area (Å²) in [5, 5.41) is 0.219. The van der Waals surface area contributed by atoms with E-state index in [9.17, 15) is 14.4 Å². The number of pyridine rings is 1. The molecule has 2 aromatic rings. The number of fused-ring (bicyclic) bond motifs is 1. The molecule has 0 saturated carbocycles. The van der Waals surface area contributed by atoms with E-state index in [0.717, 1.165) is 10.5 Å². The lowest BCUT2D eigenvalue weighted by atomic mass is 10.1. The SMILES string of the molecule is CN(CCc1ccncc1)C(=O)CN1C(=O)c2cccc(Cl)c2C1=O. The second-order valence-electron chi connectivity index (χ2n) is 5.78. The molecule has 1 aromatic carbocycles. The highest BCUT2D eigenvalue weighted by Gasteiger charge is 2.38. The van der Waals surface area contributed by atoms with Gasteiger partial charge in [0.05, 0.1) is 16.1 Å². The Bertz CT molecular complexity index is 839. The molecule has 1 aliphatic rings. The molecule has 3 rings (SSSR count). The monoisotopic (exact) mass is 357 g/mol. The number of carbonyl (C=O) groups excluding carboxylic acids is 3. The summed E-state index contributed by atoms with van der Waals surface area (Å²) in [6.45, 7) is 0.183. The molecule has 0 bridgehead atoms. The number of hydrogen-bond donors (Lipinski definition) is 0. The molecule has 128 valence electrons. The van der Waals surface area contributed by atoms with Crippen LogP contribution in [-0.4, -0.2) is 52.6 Å². The zero-order chi connectivity index (χ0) is 18.0. The Balaban J connectivity index is 1.64. The Morgan fingerprint density at radius 1 is 1.16 bits per heavy atom. The Hall–Kier alpha value is -2.73. The van der Waals surface area contributed by atoms with Gasteiger partial charge in [0.25, 0.3) is 11.8 Å². The summed E-state index contributed by atoms with van der Waals surface area (Å²) in [4.78, 5) is 43.6. The second kappa shape index (κ2) is 7.03. The van der Waals surface area contributed by atoms with Crippen molar-refractivity contribution in [3.63, 3.8) is 0 Å². The van der Waals surface area contributed by atoms with Crippen molar-refractivity contribution in [2.24, 2.45) is 0 Å². The number of rotatable bonds is 5. The first-order valence-corrected chi connectivity index (χ1v) is 8.14. The minimum atomic E-state index is -0.526. The van der Waals surface area contributed by atoms with Gasteiger partial charge in [-0.05, 0) is 36.2 Å². The maximum Gasteiger partial charge on any atom is 0.263 e. The standard InChI is InChI=1S/C18H16ClN3O3/c1-21(10-7-12-5-8-20-9-6-12)15(23)11-22-17(24)13-3-2-4-14(19)16(13)18(22)25/h2-6,8-9H,7,10-11H2,1H3. The fraction of sp³-hybridized carbons (Fsp3) is 0.222. The number of likely N-dealkylation sites (N-methyl/N-ethyl adjacent to an activating group) is 1. The van der Waals surface area contributed by atoms with Crippen LogP contribution in [0.2, 0.25) is 5.02 Å². The number of carbonyl (C=O) groups is 3. The molecule has 2 heterocycles. The number of nitrogens with zero attached hydrogens (tertiary/aromatic N) is 3. The van der Waals surface area contributed by atoms with Gasteiger partial charge in [0.1, 0.15) is 6.54 Å². The largest absolute Gasteiger partial charge is 0.344 e. The number of hydrogen-bond acceptors (Lipinski definition) is 4. The van der Waals surface area contributed by atoms with Crippen LogP contribution in [0, 0.1) is 0 Å². The average Bonchev–Trinajstić information content (AvgIpc) is 2.86. The molecule has 0 aliphatic carbocycles. The van der Waals surface area contributed by atoms with Crippen LogP contribution >= 0.6 is 11.6 Å². The molecule has 0 fully saturated rings. The van der Waals surface area contributed by atoms with Crippen LogP contribution in [0.15, 0.2) is 42.7 Å². The molecule has 1 aliphatic heterocycles. The van der Waals surface area contributed by atoms with Gasteiger partial charge >= 0.3 is 0 Å². The Labute approximate surface area is 150 Å². The molecule has 0 spiro atoms. The lowest BCUT2D eigenvalue weighted by Gasteiger charge is -2.20. The normalized spacial score (nSPS) is 13.1. The molecular weight excluding hydrogens is 342 g/mol. The Morgan fingerprint density at radius 2 is 1.88 bits per heavy atom. The molecule has 0 unspecified atom stereocenters. The number of amides is 3. The average molecular weight is 358 g/mol. The van der Waals surface area contributed by atoms with Crippen LogP contribution in [0.4, 0.5) is 0 Å². The van der Waals surface area contributed by atoms with Gasteiger partial charge in [0.15, 0.2) is 0 Å². The summed E-state index contributed by atoms with van der Waals surface area (Å²) < 4.78 is 0. The zero-order valence-electron chi connectivity index (χ0n) is 13.6. The maximum absolute atomic E-state index is 12.4. The summed E-state index contributed by atoms with van der Waals surface area (Å²) >= 11 is 6.01. The first kappa shape index (κ1) is 17.1. The van der Waals surface area contributed by atoms with E-state index in [1.165, 1.54) is 4.90 Å². The minimum Gasteiger partial charge on any atom is -0.344 e. The van der Waals surface area contributed by atoms with Gasteiger partial charge in [-0.2, -0.15) is 0 Å². The predicted octanol–water partition coefficient (Wildman–Crippen LogP) is 2.03. The summed E-state index contributed by atoms with van der Waals surface area (Å²) in [6.07, 6.45) is 4.05. The highest BCUT2D eigenvalue weighted by atomic mass is 35.5. The van der Waals surface area contributed by atoms with E-state index in [-0.39, 0.29) is 28.6 Å². The van der Waals surface area contributed by atoms with Gasteiger partial charge in [-0.25, -0.2) is 0 Å². The fourth-order valence-corrected chi connectivity index (χ4v) is 2.92. The van der Waals surface area contributed by atoms with Gasteiger partial charge < -0.3 is 4.90 Å².